The number of benzene rings is 2. The highest BCUT2D eigenvalue weighted by Gasteiger charge is 2.11. The van der Waals surface area contributed by atoms with Crippen molar-refractivity contribution < 1.29 is 22.7 Å². The van der Waals surface area contributed by atoms with E-state index in [1.54, 1.807) is 0 Å². The van der Waals surface area contributed by atoms with Gasteiger partial charge in [0.25, 0.3) is 5.91 Å². The molecule has 0 unspecified atom stereocenters. The minimum atomic E-state index is -2.95. The maximum absolute atomic E-state index is 13.4. The fourth-order valence-electron chi connectivity index (χ4n) is 1.59. The van der Waals surface area contributed by atoms with Gasteiger partial charge in [0.05, 0.1) is 5.56 Å². The highest BCUT2D eigenvalue weighted by Crippen LogP contribution is 2.20. The molecule has 1 amide bonds. The van der Waals surface area contributed by atoms with Gasteiger partial charge in [-0.25, -0.2) is 4.39 Å². The minimum absolute atomic E-state index is 0.0914. The van der Waals surface area contributed by atoms with E-state index in [0.717, 1.165) is 6.07 Å². The van der Waals surface area contributed by atoms with Crippen LogP contribution in [0.1, 0.15) is 10.4 Å². The minimum Gasteiger partial charge on any atom is -0.435 e. The van der Waals surface area contributed by atoms with Crippen LogP contribution in [0.25, 0.3) is 0 Å². The molecule has 0 atom stereocenters. The Balaban J connectivity index is 2.14. The first kappa shape index (κ1) is 13.9. The first-order valence-corrected chi connectivity index (χ1v) is 5.67. The number of hydrogen-bond acceptors (Lipinski definition) is 2. The molecule has 0 saturated carbocycles. The fraction of sp³-hybridized carbons (Fsp3) is 0.0714. The lowest BCUT2D eigenvalue weighted by Crippen LogP contribution is -2.13. The number of carbonyl (C=O) groups excluding carboxylic acids is 1. The second-order valence-corrected chi connectivity index (χ2v) is 3.84. The van der Waals surface area contributed by atoms with Crippen LogP contribution in [0.2, 0.25) is 0 Å². The maximum Gasteiger partial charge on any atom is 0.387 e. The molecule has 0 aromatic heterocycles. The van der Waals surface area contributed by atoms with Gasteiger partial charge < -0.3 is 10.1 Å². The van der Waals surface area contributed by atoms with E-state index in [0.29, 0.717) is 0 Å². The van der Waals surface area contributed by atoms with Crippen molar-refractivity contribution in [3.05, 3.63) is 59.9 Å². The topological polar surface area (TPSA) is 38.3 Å². The third-order valence-corrected chi connectivity index (χ3v) is 2.44. The Morgan fingerprint density at radius 2 is 1.85 bits per heavy atom. The van der Waals surface area contributed by atoms with Crippen molar-refractivity contribution >= 4 is 11.6 Å². The molecular formula is C14H10F3NO2. The summed E-state index contributed by atoms with van der Waals surface area (Å²) in [4.78, 5) is 11.8. The van der Waals surface area contributed by atoms with E-state index in [4.69, 9.17) is 0 Å². The van der Waals surface area contributed by atoms with E-state index < -0.39 is 18.3 Å². The molecule has 104 valence electrons. The van der Waals surface area contributed by atoms with E-state index in [1.807, 2.05) is 0 Å². The number of ether oxygens (including phenoxy) is 1. The van der Waals surface area contributed by atoms with Crippen LogP contribution in [-0.2, 0) is 0 Å². The predicted octanol–water partition coefficient (Wildman–Crippen LogP) is 3.68. The summed E-state index contributed by atoms with van der Waals surface area (Å²) >= 11 is 0. The molecule has 0 radical (unpaired) electrons. The largest absolute Gasteiger partial charge is 0.435 e. The molecule has 0 aliphatic rings. The van der Waals surface area contributed by atoms with Crippen LogP contribution in [0.15, 0.2) is 48.5 Å². The van der Waals surface area contributed by atoms with Crippen molar-refractivity contribution in [1.29, 1.82) is 0 Å². The Morgan fingerprint density at radius 3 is 2.55 bits per heavy atom. The van der Waals surface area contributed by atoms with Gasteiger partial charge in [-0.3, -0.25) is 4.79 Å². The van der Waals surface area contributed by atoms with E-state index >= 15 is 0 Å². The molecule has 0 spiro atoms. The monoisotopic (exact) mass is 281 g/mol. The standard InChI is InChI=1S/C14H10F3NO2/c15-12-7-2-1-6-11(12)13(19)18-9-4-3-5-10(8-9)20-14(16)17/h1-8,14H,(H,18,19). The van der Waals surface area contributed by atoms with Gasteiger partial charge in [-0.05, 0) is 24.3 Å². The van der Waals surface area contributed by atoms with Gasteiger partial charge in [-0.2, -0.15) is 8.78 Å². The quantitative estimate of drug-likeness (QED) is 0.928. The number of amides is 1. The molecule has 20 heavy (non-hydrogen) atoms. The molecule has 3 nitrogen and oxygen atoms in total. The number of carbonyl (C=O) groups is 1. The zero-order chi connectivity index (χ0) is 14.5. The third-order valence-electron chi connectivity index (χ3n) is 2.44. The van der Waals surface area contributed by atoms with Gasteiger partial charge in [0.2, 0.25) is 0 Å². The number of alkyl halides is 2. The van der Waals surface area contributed by atoms with Gasteiger partial charge in [0.1, 0.15) is 11.6 Å². The summed E-state index contributed by atoms with van der Waals surface area (Å²) in [5.41, 5.74) is 0.101. The second kappa shape index (κ2) is 6.10. The van der Waals surface area contributed by atoms with Crippen LogP contribution < -0.4 is 10.1 Å². The molecule has 2 rings (SSSR count). The number of halogens is 3. The molecule has 2 aromatic carbocycles. The summed E-state index contributed by atoms with van der Waals surface area (Å²) in [6, 6.07) is 10.9. The normalized spacial score (nSPS) is 10.4. The summed E-state index contributed by atoms with van der Waals surface area (Å²) in [5, 5.41) is 2.41. The van der Waals surface area contributed by atoms with Crippen molar-refractivity contribution in [2.75, 3.05) is 5.32 Å². The summed E-state index contributed by atoms with van der Waals surface area (Å²) < 4.78 is 41.8. The van der Waals surface area contributed by atoms with E-state index in [2.05, 4.69) is 10.1 Å². The SMILES string of the molecule is O=C(Nc1cccc(OC(F)F)c1)c1ccccc1F. The molecule has 0 saturated heterocycles. The first-order valence-electron chi connectivity index (χ1n) is 5.67. The molecule has 0 aliphatic heterocycles. The van der Waals surface area contributed by atoms with Gasteiger partial charge in [-0.15, -0.1) is 0 Å². The summed E-state index contributed by atoms with van der Waals surface area (Å²) in [7, 11) is 0. The fourth-order valence-corrected chi connectivity index (χ4v) is 1.59. The van der Waals surface area contributed by atoms with Crippen molar-refractivity contribution in [2.45, 2.75) is 6.61 Å². The van der Waals surface area contributed by atoms with Crippen LogP contribution in [0, 0.1) is 5.82 Å². The lowest BCUT2D eigenvalue weighted by Gasteiger charge is -2.08. The zero-order valence-corrected chi connectivity index (χ0v) is 10.1. The lowest BCUT2D eigenvalue weighted by molar-refractivity contribution is -0.0497. The Hall–Kier alpha value is -2.50. The molecule has 2 aromatic rings. The van der Waals surface area contributed by atoms with Crippen LogP contribution in [0.5, 0.6) is 5.75 Å². The molecule has 0 aliphatic carbocycles. The molecule has 6 heteroatoms. The van der Waals surface area contributed by atoms with Gasteiger partial charge in [0.15, 0.2) is 0 Å². The molecule has 0 bridgehead atoms. The lowest BCUT2D eigenvalue weighted by atomic mass is 10.2. The average Bonchev–Trinajstić information content (AvgIpc) is 2.38. The van der Waals surface area contributed by atoms with Crippen molar-refractivity contribution in [3.63, 3.8) is 0 Å². The zero-order valence-electron chi connectivity index (χ0n) is 10.1. The maximum atomic E-state index is 13.4. The molecule has 0 fully saturated rings. The first-order chi connectivity index (χ1) is 9.56. The predicted molar refractivity (Wildman–Crippen MR) is 67.4 cm³/mol. The van der Waals surface area contributed by atoms with Crippen LogP contribution >= 0.6 is 0 Å². The second-order valence-electron chi connectivity index (χ2n) is 3.84. The third kappa shape index (κ3) is 3.50. The van der Waals surface area contributed by atoms with Crippen LogP contribution in [0.3, 0.4) is 0 Å². The van der Waals surface area contributed by atoms with Crippen molar-refractivity contribution in [1.82, 2.24) is 0 Å². The smallest absolute Gasteiger partial charge is 0.387 e. The van der Waals surface area contributed by atoms with E-state index in [9.17, 15) is 18.0 Å². The van der Waals surface area contributed by atoms with Gasteiger partial charge in [0, 0.05) is 11.8 Å². The molecule has 0 heterocycles. The Bertz CT molecular complexity index is 617. The van der Waals surface area contributed by atoms with Crippen LogP contribution in [0.4, 0.5) is 18.9 Å². The highest BCUT2D eigenvalue weighted by atomic mass is 19.3. The summed E-state index contributed by atoms with van der Waals surface area (Å²) in [5.74, 6) is -1.42. The van der Waals surface area contributed by atoms with Crippen molar-refractivity contribution in [3.8, 4) is 5.75 Å². The molecular weight excluding hydrogens is 271 g/mol. The molecule has 1 N–H and O–H groups in total. The summed E-state index contributed by atoms with van der Waals surface area (Å²) in [6.45, 7) is -2.95. The Morgan fingerprint density at radius 1 is 1.10 bits per heavy atom. The number of anilines is 1. The van der Waals surface area contributed by atoms with E-state index in [-0.39, 0.29) is 17.0 Å². The Labute approximate surface area is 113 Å². The van der Waals surface area contributed by atoms with E-state index in [1.165, 1.54) is 42.5 Å². The average molecular weight is 281 g/mol. The summed E-state index contributed by atoms with van der Waals surface area (Å²) in [6.07, 6.45) is 0. The van der Waals surface area contributed by atoms with Gasteiger partial charge >= 0.3 is 6.61 Å². The Kier molecular flexibility index (Phi) is 4.24. The van der Waals surface area contributed by atoms with Crippen LogP contribution in [-0.4, -0.2) is 12.5 Å². The van der Waals surface area contributed by atoms with Crippen molar-refractivity contribution in [2.24, 2.45) is 0 Å². The van der Waals surface area contributed by atoms with Gasteiger partial charge in [-0.1, -0.05) is 18.2 Å². The number of nitrogens with one attached hydrogen (secondary N) is 1. The highest BCUT2D eigenvalue weighted by molar-refractivity contribution is 6.04. The number of rotatable bonds is 4. The number of hydrogen-bond donors (Lipinski definition) is 1.